The third-order valence-electron chi connectivity index (χ3n) is 3.72. The van der Waals surface area contributed by atoms with Gasteiger partial charge in [-0.2, -0.15) is 0 Å². The lowest BCUT2D eigenvalue weighted by atomic mass is 9.78. The fraction of sp³-hybridized carbons (Fsp3) is 1.00. The molecule has 2 aliphatic carbocycles. The van der Waals surface area contributed by atoms with E-state index in [9.17, 15) is 0 Å². The molecule has 2 rings (SSSR count). The summed E-state index contributed by atoms with van der Waals surface area (Å²) >= 11 is 0. The van der Waals surface area contributed by atoms with Crippen molar-refractivity contribution in [1.29, 1.82) is 0 Å². The van der Waals surface area contributed by atoms with E-state index in [1.165, 1.54) is 38.5 Å². The van der Waals surface area contributed by atoms with Crippen molar-refractivity contribution >= 4 is 0 Å². The molecule has 1 heteroatoms. The zero-order chi connectivity index (χ0) is 7.68. The predicted molar refractivity (Wildman–Crippen MR) is 45.3 cm³/mol. The molecule has 0 aromatic rings. The van der Waals surface area contributed by atoms with Gasteiger partial charge in [0.15, 0.2) is 0 Å². The summed E-state index contributed by atoms with van der Waals surface area (Å²) in [6, 6.07) is 0. The SMILES string of the molecule is OCC1CCC2CCCCC12. The zero-order valence-electron chi connectivity index (χ0n) is 7.13. The molecule has 1 N–H and O–H groups in total. The quantitative estimate of drug-likeness (QED) is 0.614. The summed E-state index contributed by atoms with van der Waals surface area (Å²) in [5, 5.41) is 9.10. The molecule has 3 unspecified atom stereocenters. The second-order valence-electron chi connectivity index (χ2n) is 4.23. The summed E-state index contributed by atoms with van der Waals surface area (Å²) in [7, 11) is 0. The van der Waals surface area contributed by atoms with E-state index < -0.39 is 0 Å². The van der Waals surface area contributed by atoms with Gasteiger partial charge in [0.2, 0.25) is 0 Å². The molecular formula is C10H18O. The van der Waals surface area contributed by atoms with Gasteiger partial charge in [0.25, 0.3) is 0 Å². The lowest BCUT2D eigenvalue weighted by Crippen LogP contribution is -2.21. The molecule has 0 aromatic heterocycles. The summed E-state index contributed by atoms with van der Waals surface area (Å²) in [5.74, 6) is 2.55. The normalized spacial score (nSPS) is 43.9. The smallest absolute Gasteiger partial charge is 0.0462 e. The van der Waals surface area contributed by atoms with Gasteiger partial charge in [0, 0.05) is 6.61 Å². The van der Waals surface area contributed by atoms with Crippen LogP contribution in [-0.4, -0.2) is 11.7 Å². The Morgan fingerprint density at radius 2 is 1.82 bits per heavy atom. The Kier molecular flexibility index (Phi) is 2.17. The van der Waals surface area contributed by atoms with E-state index in [1.807, 2.05) is 0 Å². The number of hydrogen-bond acceptors (Lipinski definition) is 1. The van der Waals surface area contributed by atoms with E-state index in [1.54, 1.807) is 0 Å². The highest BCUT2D eigenvalue weighted by molar-refractivity contribution is 4.86. The van der Waals surface area contributed by atoms with Crippen LogP contribution < -0.4 is 0 Å². The summed E-state index contributed by atoms with van der Waals surface area (Å²) < 4.78 is 0. The van der Waals surface area contributed by atoms with E-state index in [2.05, 4.69) is 0 Å². The molecule has 0 aliphatic heterocycles. The van der Waals surface area contributed by atoms with Crippen molar-refractivity contribution in [2.24, 2.45) is 17.8 Å². The minimum absolute atomic E-state index is 0.446. The van der Waals surface area contributed by atoms with Crippen molar-refractivity contribution in [1.82, 2.24) is 0 Å². The Balaban J connectivity index is 1.98. The first kappa shape index (κ1) is 7.60. The van der Waals surface area contributed by atoms with Gasteiger partial charge in [-0.05, 0) is 37.0 Å². The van der Waals surface area contributed by atoms with E-state index in [0.717, 1.165) is 11.8 Å². The first-order valence-electron chi connectivity index (χ1n) is 5.02. The standard InChI is InChI=1S/C10H18O/c11-7-9-6-5-8-3-1-2-4-10(8)9/h8-11H,1-7H2. The van der Waals surface area contributed by atoms with Gasteiger partial charge in [-0.1, -0.05) is 19.3 Å². The molecule has 2 saturated carbocycles. The fourth-order valence-corrected chi connectivity index (χ4v) is 3.08. The van der Waals surface area contributed by atoms with Gasteiger partial charge in [-0.15, -0.1) is 0 Å². The highest BCUT2D eigenvalue weighted by Crippen LogP contribution is 2.45. The summed E-state index contributed by atoms with van der Waals surface area (Å²) in [6.45, 7) is 0.446. The summed E-state index contributed by atoms with van der Waals surface area (Å²) in [6.07, 6.45) is 8.40. The molecule has 64 valence electrons. The van der Waals surface area contributed by atoms with Crippen LogP contribution in [0.25, 0.3) is 0 Å². The molecule has 0 bridgehead atoms. The van der Waals surface area contributed by atoms with Gasteiger partial charge < -0.3 is 5.11 Å². The van der Waals surface area contributed by atoms with Gasteiger partial charge >= 0.3 is 0 Å². The van der Waals surface area contributed by atoms with Crippen molar-refractivity contribution in [2.75, 3.05) is 6.61 Å². The van der Waals surface area contributed by atoms with Crippen LogP contribution >= 0.6 is 0 Å². The molecule has 0 aromatic carbocycles. The molecule has 0 saturated heterocycles. The minimum Gasteiger partial charge on any atom is -0.396 e. The Bertz CT molecular complexity index is 127. The maximum absolute atomic E-state index is 9.10. The van der Waals surface area contributed by atoms with Crippen LogP contribution in [0.4, 0.5) is 0 Å². The van der Waals surface area contributed by atoms with Crippen LogP contribution in [0.15, 0.2) is 0 Å². The van der Waals surface area contributed by atoms with Gasteiger partial charge in [0.1, 0.15) is 0 Å². The van der Waals surface area contributed by atoms with Crippen molar-refractivity contribution < 1.29 is 5.11 Å². The van der Waals surface area contributed by atoms with Gasteiger partial charge in [-0.25, -0.2) is 0 Å². The monoisotopic (exact) mass is 154 g/mol. The van der Waals surface area contributed by atoms with E-state index in [4.69, 9.17) is 5.11 Å². The van der Waals surface area contributed by atoms with Crippen LogP contribution in [0.5, 0.6) is 0 Å². The Hall–Kier alpha value is -0.0400. The highest BCUT2D eigenvalue weighted by Gasteiger charge is 2.36. The average molecular weight is 154 g/mol. The Morgan fingerprint density at radius 1 is 1.00 bits per heavy atom. The van der Waals surface area contributed by atoms with Crippen molar-refractivity contribution in [2.45, 2.75) is 38.5 Å². The third kappa shape index (κ3) is 1.31. The molecule has 0 heterocycles. The highest BCUT2D eigenvalue weighted by atomic mass is 16.3. The average Bonchev–Trinajstić information content (AvgIpc) is 2.47. The van der Waals surface area contributed by atoms with Crippen molar-refractivity contribution in [3.8, 4) is 0 Å². The van der Waals surface area contributed by atoms with Gasteiger partial charge in [0.05, 0.1) is 0 Å². The molecule has 0 radical (unpaired) electrons. The second kappa shape index (κ2) is 3.14. The number of aliphatic hydroxyl groups excluding tert-OH is 1. The van der Waals surface area contributed by atoms with Crippen LogP contribution in [0.3, 0.4) is 0 Å². The Morgan fingerprint density at radius 3 is 2.64 bits per heavy atom. The lowest BCUT2D eigenvalue weighted by Gasteiger charge is -2.28. The maximum atomic E-state index is 9.10. The zero-order valence-corrected chi connectivity index (χ0v) is 7.13. The summed E-state index contributed by atoms with van der Waals surface area (Å²) in [4.78, 5) is 0. The number of rotatable bonds is 1. The second-order valence-corrected chi connectivity index (χ2v) is 4.23. The molecule has 0 spiro atoms. The molecule has 11 heavy (non-hydrogen) atoms. The topological polar surface area (TPSA) is 20.2 Å². The van der Waals surface area contributed by atoms with Gasteiger partial charge in [-0.3, -0.25) is 0 Å². The molecule has 2 aliphatic rings. The predicted octanol–water partition coefficient (Wildman–Crippen LogP) is 2.20. The Labute approximate surface area is 68.8 Å². The number of hydrogen-bond donors (Lipinski definition) is 1. The molecular weight excluding hydrogens is 136 g/mol. The van der Waals surface area contributed by atoms with E-state index in [-0.39, 0.29) is 0 Å². The van der Waals surface area contributed by atoms with Crippen LogP contribution in [0.2, 0.25) is 0 Å². The van der Waals surface area contributed by atoms with Crippen LogP contribution in [0.1, 0.15) is 38.5 Å². The van der Waals surface area contributed by atoms with E-state index >= 15 is 0 Å². The van der Waals surface area contributed by atoms with Crippen molar-refractivity contribution in [3.63, 3.8) is 0 Å². The molecule has 2 fully saturated rings. The number of fused-ring (bicyclic) bond motifs is 1. The maximum Gasteiger partial charge on any atom is 0.0462 e. The first-order valence-corrected chi connectivity index (χ1v) is 5.02. The third-order valence-corrected chi connectivity index (χ3v) is 3.72. The van der Waals surface area contributed by atoms with Crippen molar-refractivity contribution in [3.05, 3.63) is 0 Å². The number of aliphatic hydroxyl groups is 1. The summed E-state index contributed by atoms with van der Waals surface area (Å²) in [5.41, 5.74) is 0. The van der Waals surface area contributed by atoms with Crippen LogP contribution in [0, 0.1) is 17.8 Å². The largest absolute Gasteiger partial charge is 0.396 e. The van der Waals surface area contributed by atoms with Crippen LogP contribution in [-0.2, 0) is 0 Å². The molecule has 0 amide bonds. The van der Waals surface area contributed by atoms with E-state index in [0.29, 0.717) is 12.5 Å². The fourth-order valence-electron chi connectivity index (χ4n) is 3.08. The lowest BCUT2D eigenvalue weighted by molar-refractivity contribution is 0.152. The first-order chi connectivity index (χ1) is 5.42. The molecule has 1 nitrogen and oxygen atoms in total. The minimum atomic E-state index is 0.446. The molecule has 3 atom stereocenters.